The van der Waals surface area contributed by atoms with Crippen molar-refractivity contribution in [3.8, 4) is 0 Å². The van der Waals surface area contributed by atoms with Gasteiger partial charge < -0.3 is 10.4 Å². The van der Waals surface area contributed by atoms with E-state index in [0.29, 0.717) is 23.4 Å². The maximum atomic E-state index is 11.5. The number of anilines is 1. The van der Waals surface area contributed by atoms with Crippen molar-refractivity contribution < 1.29 is 9.90 Å². The first kappa shape index (κ1) is 13.4. The normalized spacial score (nSPS) is 17.1. The minimum Gasteiger partial charge on any atom is -0.388 e. The summed E-state index contributed by atoms with van der Waals surface area (Å²) in [6.07, 6.45) is 0.479. The number of rotatable bonds is 1. The topological polar surface area (TPSA) is 49.3 Å². The van der Waals surface area contributed by atoms with Gasteiger partial charge in [-0.2, -0.15) is 0 Å². The Morgan fingerprint density at radius 3 is 2.61 bits per heavy atom. The zero-order valence-electron chi connectivity index (χ0n) is 10.9. The van der Waals surface area contributed by atoms with Gasteiger partial charge in [0.2, 0.25) is 5.91 Å². The van der Waals surface area contributed by atoms with Crippen molar-refractivity contribution in [2.45, 2.75) is 39.7 Å². The molecule has 0 fully saturated rings. The number of fused-ring (bicyclic) bond motifs is 1. The summed E-state index contributed by atoms with van der Waals surface area (Å²) in [5.41, 5.74) is 2.14. The summed E-state index contributed by atoms with van der Waals surface area (Å²) in [5.74, 6) is -0.00724. The summed E-state index contributed by atoms with van der Waals surface area (Å²) in [7, 11) is 0. The van der Waals surface area contributed by atoms with Crippen LogP contribution in [0.4, 0.5) is 5.69 Å². The van der Waals surface area contributed by atoms with Crippen molar-refractivity contribution >= 4 is 23.2 Å². The SMILES string of the molecule is CC(C)(C)C(O)c1cc(Cl)cc2c1NC(=O)CC2. The minimum absolute atomic E-state index is 0.00724. The van der Waals surface area contributed by atoms with Gasteiger partial charge in [0.1, 0.15) is 0 Å². The Balaban J connectivity index is 2.53. The first-order valence-corrected chi connectivity index (χ1v) is 6.47. The third-order valence-electron chi connectivity index (χ3n) is 3.22. The van der Waals surface area contributed by atoms with Gasteiger partial charge in [0.25, 0.3) is 0 Å². The Bertz CT molecular complexity index is 491. The van der Waals surface area contributed by atoms with E-state index in [9.17, 15) is 9.90 Å². The summed E-state index contributed by atoms with van der Waals surface area (Å²) < 4.78 is 0. The fourth-order valence-electron chi connectivity index (χ4n) is 2.17. The molecule has 1 aromatic carbocycles. The summed E-state index contributed by atoms with van der Waals surface area (Å²) in [4.78, 5) is 11.5. The summed E-state index contributed by atoms with van der Waals surface area (Å²) in [6, 6.07) is 3.59. The number of nitrogens with one attached hydrogen (secondary N) is 1. The highest BCUT2D eigenvalue weighted by molar-refractivity contribution is 6.31. The maximum Gasteiger partial charge on any atom is 0.224 e. The van der Waals surface area contributed by atoms with Crippen LogP contribution in [0.3, 0.4) is 0 Å². The van der Waals surface area contributed by atoms with Crippen molar-refractivity contribution in [3.05, 3.63) is 28.3 Å². The molecule has 1 amide bonds. The Hall–Kier alpha value is -1.06. The number of hydrogen-bond acceptors (Lipinski definition) is 2. The van der Waals surface area contributed by atoms with Crippen LogP contribution in [0.25, 0.3) is 0 Å². The average Bonchev–Trinajstić information content (AvgIpc) is 2.26. The Labute approximate surface area is 112 Å². The standard InChI is InChI=1S/C14H18ClNO2/c1-14(2,3)13(18)10-7-9(15)6-8-4-5-11(17)16-12(8)10/h6-7,13,18H,4-5H2,1-3H3,(H,16,17). The molecule has 2 rings (SSSR count). The first-order chi connectivity index (χ1) is 8.29. The average molecular weight is 268 g/mol. The number of halogens is 1. The smallest absolute Gasteiger partial charge is 0.224 e. The van der Waals surface area contributed by atoms with E-state index in [4.69, 9.17) is 11.6 Å². The molecule has 0 bridgehead atoms. The molecule has 98 valence electrons. The molecule has 18 heavy (non-hydrogen) atoms. The molecule has 1 aromatic rings. The molecule has 2 N–H and O–H groups in total. The lowest BCUT2D eigenvalue weighted by atomic mass is 9.82. The Morgan fingerprint density at radius 2 is 2.00 bits per heavy atom. The molecule has 4 heteroatoms. The van der Waals surface area contributed by atoms with Gasteiger partial charge in [-0.05, 0) is 29.5 Å². The van der Waals surface area contributed by atoms with Crippen LogP contribution in [0.2, 0.25) is 5.02 Å². The Morgan fingerprint density at radius 1 is 1.33 bits per heavy atom. The molecule has 3 nitrogen and oxygen atoms in total. The first-order valence-electron chi connectivity index (χ1n) is 6.09. The molecule has 0 saturated carbocycles. The monoisotopic (exact) mass is 267 g/mol. The van der Waals surface area contributed by atoms with E-state index in [2.05, 4.69) is 5.32 Å². The molecule has 0 aliphatic carbocycles. The van der Waals surface area contributed by atoms with Crippen LogP contribution < -0.4 is 5.32 Å². The molecular weight excluding hydrogens is 250 g/mol. The molecule has 0 saturated heterocycles. The lowest BCUT2D eigenvalue weighted by molar-refractivity contribution is -0.116. The molecule has 0 radical (unpaired) electrons. The maximum absolute atomic E-state index is 11.5. The van der Waals surface area contributed by atoms with E-state index in [0.717, 1.165) is 11.3 Å². The molecule has 1 aliphatic heterocycles. The number of aliphatic hydroxyl groups is 1. The quantitative estimate of drug-likeness (QED) is 0.820. The van der Waals surface area contributed by atoms with E-state index >= 15 is 0 Å². The van der Waals surface area contributed by atoms with Crippen LogP contribution in [0.1, 0.15) is 44.4 Å². The number of aliphatic hydroxyl groups excluding tert-OH is 1. The lowest BCUT2D eigenvalue weighted by Gasteiger charge is -2.30. The minimum atomic E-state index is -0.664. The van der Waals surface area contributed by atoms with Gasteiger partial charge in [-0.25, -0.2) is 0 Å². The van der Waals surface area contributed by atoms with Crippen molar-refractivity contribution in [3.63, 3.8) is 0 Å². The van der Waals surface area contributed by atoms with Gasteiger partial charge in [0, 0.05) is 22.7 Å². The number of hydrogen-bond donors (Lipinski definition) is 2. The largest absolute Gasteiger partial charge is 0.388 e. The predicted molar refractivity (Wildman–Crippen MR) is 72.8 cm³/mol. The Kier molecular flexibility index (Phi) is 3.39. The summed E-state index contributed by atoms with van der Waals surface area (Å²) >= 11 is 6.09. The van der Waals surface area contributed by atoms with Crippen LogP contribution in [0.5, 0.6) is 0 Å². The fourth-order valence-corrected chi connectivity index (χ4v) is 2.42. The van der Waals surface area contributed by atoms with Crippen LogP contribution >= 0.6 is 11.6 Å². The second kappa shape index (κ2) is 4.56. The molecule has 1 atom stereocenters. The lowest BCUT2D eigenvalue weighted by Crippen LogP contribution is -2.24. The number of carbonyl (C=O) groups is 1. The van der Waals surface area contributed by atoms with Crippen molar-refractivity contribution in [1.82, 2.24) is 0 Å². The van der Waals surface area contributed by atoms with E-state index in [1.54, 1.807) is 6.07 Å². The van der Waals surface area contributed by atoms with E-state index in [1.165, 1.54) is 0 Å². The summed E-state index contributed by atoms with van der Waals surface area (Å²) in [5, 5.41) is 13.9. The molecular formula is C14H18ClNO2. The van der Waals surface area contributed by atoms with Crippen LogP contribution in [-0.2, 0) is 11.2 Å². The number of amides is 1. The van der Waals surface area contributed by atoms with E-state index < -0.39 is 6.10 Å². The second-order valence-electron chi connectivity index (χ2n) is 5.85. The van der Waals surface area contributed by atoms with E-state index in [1.807, 2.05) is 26.8 Å². The number of aryl methyl sites for hydroxylation is 1. The van der Waals surface area contributed by atoms with Gasteiger partial charge in [-0.3, -0.25) is 4.79 Å². The predicted octanol–water partition coefficient (Wildman–Crippen LogP) is 3.30. The highest BCUT2D eigenvalue weighted by Crippen LogP contribution is 2.40. The summed E-state index contributed by atoms with van der Waals surface area (Å²) in [6.45, 7) is 5.86. The van der Waals surface area contributed by atoms with Gasteiger partial charge in [0.05, 0.1) is 6.10 Å². The van der Waals surface area contributed by atoms with Crippen LogP contribution in [-0.4, -0.2) is 11.0 Å². The molecule has 0 spiro atoms. The molecule has 1 aliphatic rings. The molecule has 0 aromatic heterocycles. The highest BCUT2D eigenvalue weighted by atomic mass is 35.5. The van der Waals surface area contributed by atoms with Crippen LogP contribution in [0.15, 0.2) is 12.1 Å². The highest BCUT2D eigenvalue weighted by Gasteiger charge is 2.29. The zero-order chi connectivity index (χ0) is 13.5. The second-order valence-corrected chi connectivity index (χ2v) is 6.28. The van der Waals surface area contributed by atoms with Crippen molar-refractivity contribution in [2.75, 3.05) is 5.32 Å². The van der Waals surface area contributed by atoms with Gasteiger partial charge in [0.15, 0.2) is 0 Å². The van der Waals surface area contributed by atoms with Gasteiger partial charge >= 0.3 is 0 Å². The van der Waals surface area contributed by atoms with E-state index in [-0.39, 0.29) is 11.3 Å². The van der Waals surface area contributed by atoms with Crippen molar-refractivity contribution in [1.29, 1.82) is 0 Å². The third-order valence-corrected chi connectivity index (χ3v) is 3.43. The van der Waals surface area contributed by atoms with Crippen LogP contribution in [0, 0.1) is 5.41 Å². The number of carbonyl (C=O) groups excluding carboxylic acids is 1. The third kappa shape index (κ3) is 2.52. The van der Waals surface area contributed by atoms with Crippen molar-refractivity contribution in [2.24, 2.45) is 5.41 Å². The van der Waals surface area contributed by atoms with Gasteiger partial charge in [-0.1, -0.05) is 32.4 Å². The number of benzene rings is 1. The molecule has 1 heterocycles. The van der Waals surface area contributed by atoms with Gasteiger partial charge in [-0.15, -0.1) is 0 Å². The zero-order valence-corrected chi connectivity index (χ0v) is 11.6. The fraction of sp³-hybridized carbons (Fsp3) is 0.500. The molecule has 1 unspecified atom stereocenters.